The molecule has 1 saturated carbocycles. The summed E-state index contributed by atoms with van der Waals surface area (Å²) in [6.07, 6.45) is 9.66. The smallest absolute Gasteiger partial charge is 0.182 e. The molecule has 1 fully saturated rings. The van der Waals surface area contributed by atoms with E-state index in [4.69, 9.17) is 9.97 Å². The van der Waals surface area contributed by atoms with Gasteiger partial charge in [0.2, 0.25) is 0 Å². The average Bonchev–Trinajstić information content (AvgIpc) is 3.10. The maximum Gasteiger partial charge on any atom is 0.182 e. The molecule has 0 amide bonds. The molecule has 1 aliphatic rings. The molecule has 5 nitrogen and oxygen atoms in total. The molecule has 27 heavy (non-hydrogen) atoms. The second-order valence-electron chi connectivity index (χ2n) is 7.74. The monoisotopic (exact) mass is 359 g/mol. The van der Waals surface area contributed by atoms with Crippen molar-refractivity contribution in [1.29, 1.82) is 0 Å². The van der Waals surface area contributed by atoms with Crippen molar-refractivity contribution < 1.29 is 0 Å². The van der Waals surface area contributed by atoms with Crippen LogP contribution in [0.1, 0.15) is 55.8 Å². The van der Waals surface area contributed by atoms with Crippen molar-refractivity contribution in [3.8, 4) is 11.4 Å². The highest BCUT2D eigenvalue weighted by Gasteiger charge is 2.23. The van der Waals surface area contributed by atoms with Crippen LogP contribution in [0, 0.1) is 13.8 Å². The third-order valence-corrected chi connectivity index (χ3v) is 6.10. The Bertz CT molecular complexity index is 1100. The zero-order chi connectivity index (χ0) is 18.4. The quantitative estimate of drug-likeness (QED) is 0.459. The zero-order valence-electron chi connectivity index (χ0n) is 16.0. The second kappa shape index (κ2) is 6.48. The van der Waals surface area contributed by atoms with E-state index in [1.165, 1.54) is 49.8 Å². The van der Waals surface area contributed by atoms with Gasteiger partial charge in [-0.25, -0.2) is 14.5 Å². The highest BCUT2D eigenvalue weighted by atomic mass is 15.3. The molecular weight excluding hydrogens is 334 g/mol. The summed E-state index contributed by atoms with van der Waals surface area (Å²) in [5.74, 6) is 0.754. The lowest BCUT2D eigenvalue weighted by Crippen LogP contribution is -2.10. The fraction of sp³-hybridized carbons (Fsp3) is 0.409. The SMILES string of the molecule is Cc1c(C)n(C2CCCCCC2)c2ncn3nc(-c4ccccc4)nc3c12. The lowest BCUT2D eigenvalue weighted by molar-refractivity contribution is 0.446. The summed E-state index contributed by atoms with van der Waals surface area (Å²) in [5, 5.41) is 5.82. The average molecular weight is 359 g/mol. The molecule has 5 heteroatoms. The fourth-order valence-electron chi connectivity index (χ4n) is 4.56. The van der Waals surface area contributed by atoms with Crippen LogP contribution in [0.25, 0.3) is 28.1 Å². The molecule has 0 aliphatic heterocycles. The van der Waals surface area contributed by atoms with Gasteiger partial charge in [-0.3, -0.25) is 0 Å². The first-order chi connectivity index (χ1) is 13.2. The number of hydrogen-bond donors (Lipinski definition) is 0. The van der Waals surface area contributed by atoms with Crippen LogP contribution in [-0.4, -0.2) is 24.1 Å². The van der Waals surface area contributed by atoms with E-state index in [1.807, 2.05) is 41.2 Å². The van der Waals surface area contributed by atoms with Gasteiger partial charge in [-0.2, -0.15) is 0 Å². The molecule has 1 aliphatic carbocycles. The van der Waals surface area contributed by atoms with E-state index in [-0.39, 0.29) is 0 Å². The molecule has 0 unspecified atom stereocenters. The van der Waals surface area contributed by atoms with Gasteiger partial charge in [-0.1, -0.05) is 56.0 Å². The summed E-state index contributed by atoms with van der Waals surface area (Å²) >= 11 is 0. The normalized spacial score (nSPS) is 16.2. The van der Waals surface area contributed by atoms with E-state index in [0.29, 0.717) is 6.04 Å². The maximum absolute atomic E-state index is 4.89. The van der Waals surface area contributed by atoms with Gasteiger partial charge in [0.25, 0.3) is 0 Å². The summed E-state index contributed by atoms with van der Waals surface area (Å²) in [4.78, 5) is 9.72. The van der Waals surface area contributed by atoms with E-state index in [0.717, 1.165) is 28.1 Å². The number of fused-ring (bicyclic) bond motifs is 3. The van der Waals surface area contributed by atoms with Crippen LogP contribution in [0.2, 0.25) is 0 Å². The lowest BCUT2D eigenvalue weighted by Gasteiger charge is -2.19. The topological polar surface area (TPSA) is 48.0 Å². The van der Waals surface area contributed by atoms with E-state index in [2.05, 4.69) is 23.5 Å². The van der Waals surface area contributed by atoms with Crippen molar-refractivity contribution in [2.45, 2.75) is 58.4 Å². The van der Waals surface area contributed by atoms with E-state index in [9.17, 15) is 0 Å². The van der Waals surface area contributed by atoms with Gasteiger partial charge in [-0.15, -0.1) is 5.10 Å². The van der Waals surface area contributed by atoms with Crippen molar-refractivity contribution >= 4 is 16.7 Å². The second-order valence-corrected chi connectivity index (χ2v) is 7.74. The Morgan fingerprint density at radius 3 is 2.41 bits per heavy atom. The first-order valence-electron chi connectivity index (χ1n) is 10.0. The number of benzene rings is 1. The van der Waals surface area contributed by atoms with Crippen LogP contribution in [0.15, 0.2) is 36.7 Å². The standard InChI is InChI=1S/C22H25N5/c1-15-16(2)27(18-12-8-3-4-9-13-18)21-19(15)22-24-20(25-26(22)14-23-21)17-10-6-5-7-11-17/h5-7,10-11,14,18H,3-4,8-9,12-13H2,1-2H3. The Hall–Kier alpha value is -2.69. The third kappa shape index (κ3) is 2.64. The van der Waals surface area contributed by atoms with E-state index < -0.39 is 0 Å². The number of hydrogen-bond acceptors (Lipinski definition) is 3. The lowest BCUT2D eigenvalue weighted by atomic mass is 10.1. The Morgan fingerprint density at radius 2 is 1.67 bits per heavy atom. The molecule has 0 atom stereocenters. The van der Waals surface area contributed by atoms with Crippen molar-refractivity contribution in [3.63, 3.8) is 0 Å². The summed E-state index contributed by atoms with van der Waals surface area (Å²) < 4.78 is 4.31. The number of aromatic nitrogens is 5. The predicted molar refractivity (Wildman–Crippen MR) is 108 cm³/mol. The highest BCUT2D eigenvalue weighted by Crippen LogP contribution is 2.35. The van der Waals surface area contributed by atoms with Gasteiger partial charge in [-0.05, 0) is 32.3 Å². The highest BCUT2D eigenvalue weighted by molar-refractivity contribution is 5.94. The molecule has 0 bridgehead atoms. The molecule has 0 saturated heterocycles. The van der Waals surface area contributed by atoms with Gasteiger partial charge in [0.05, 0.1) is 5.39 Å². The Labute approximate surface area is 159 Å². The molecule has 138 valence electrons. The van der Waals surface area contributed by atoms with Gasteiger partial charge in [0.1, 0.15) is 12.0 Å². The summed E-state index contributed by atoms with van der Waals surface area (Å²) in [6.45, 7) is 4.43. The van der Waals surface area contributed by atoms with Crippen LogP contribution in [0.3, 0.4) is 0 Å². The van der Waals surface area contributed by atoms with Crippen molar-refractivity contribution in [2.24, 2.45) is 0 Å². The number of aryl methyl sites for hydroxylation is 1. The fourth-order valence-corrected chi connectivity index (χ4v) is 4.56. The molecule has 4 aromatic rings. The van der Waals surface area contributed by atoms with E-state index >= 15 is 0 Å². The first-order valence-corrected chi connectivity index (χ1v) is 10.0. The molecular formula is C22H25N5. The van der Waals surface area contributed by atoms with Gasteiger partial charge in [0.15, 0.2) is 11.5 Å². The third-order valence-electron chi connectivity index (χ3n) is 6.10. The zero-order valence-corrected chi connectivity index (χ0v) is 16.0. The van der Waals surface area contributed by atoms with Crippen molar-refractivity contribution in [3.05, 3.63) is 47.9 Å². The number of nitrogens with zero attached hydrogens (tertiary/aromatic N) is 5. The Balaban J connectivity index is 1.72. The maximum atomic E-state index is 4.89. The molecule has 1 aromatic carbocycles. The van der Waals surface area contributed by atoms with Crippen molar-refractivity contribution in [2.75, 3.05) is 0 Å². The molecule has 0 N–H and O–H groups in total. The van der Waals surface area contributed by atoms with Crippen molar-refractivity contribution in [1.82, 2.24) is 24.1 Å². The first kappa shape index (κ1) is 16.5. The molecule has 3 heterocycles. The van der Waals surface area contributed by atoms with Crippen LogP contribution in [0.4, 0.5) is 0 Å². The minimum absolute atomic E-state index is 0.551. The van der Waals surface area contributed by atoms with Gasteiger partial charge < -0.3 is 4.57 Å². The van der Waals surface area contributed by atoms with E-state index in [1.54, 1.807) is 0 Å². The predicted octanol–water partition coefficient (Wildman–Crippen LogP) is 5.26. The largest absolute Gasteiger partial charge is 0.326 e. The minimum Gasteiger partial charge on any atom is -0.326 e. The summed E-state index contributed by atoms with van der Waals surface area (Å²) in [5.41, 5.74) is 5.61. The number of rotatable bonds is 2. The van der Waals surface area contributed by atoms with Crippen LogP contribution < -0.4 is 0 Å². The Kier molecular flexibility index (Phi) is 3.96. The van der Waals surface area contributed by atoms with Crippen LogP contribution in [-0.2, 0) is 0 Å². The Morgan fingerprint density at radius 1 is 0.926 bits per heavy atom. The molecule has 0 radical (unpaired) electrons. The van der Waals surface area contributed by atoms with Crippen LogP contribution >= 0.6 is 0 Å². The van der Waals surface area contributed by atoms with Crippen LogP contribution in [0.5, 0.6) is 0 Å². The van der Waals surface area contributed by atoms with Gasteiger partial charge in [0, 0.05) is 17.3 Å². The van der Waals surface area contributed by atoms with Gasteiger partial charge >= 0.3 is 0 Å². The minimum atomic E-state index is 0.551. The summed E-state index contributed by atoms with van der Waals surface area (Å²) in [6, 6.07) is 10.7. The summed E-state index contributed by atoms with van der Waals surface area (Å²) in [7, 11) is 0. The molecule has 5 rings (SSSR count). The molecule has 3 aromatic heterocycles. The molecule has 0 spiro atoms.